The van der Waals surface area contributed by atoms with Crippen molar-refractivity contribution in [1.29, 1.82) is 0 Å². The summed E-state index contributed by atoms with van der Waals surface area (Å²) in [5.74, 6) is 0.206. The van der Waals surface area contributed by atoms with E-state index in [0.717, 1.165) is 10.0 Å². The Morgan fingerprint density at radius 3 is 2.23 bits per heavy atom. The van der Waals surface area contributed by atoms with E-state index in [0.29, 0.717) is 17.2 Å². The van der Waals surface area contributed by atoms with Crippen molar-refractivity contribution < 1.29 is 14.3 Å². The Bertz CT molecular complexity index is 788. The van der Waals surface area contributed by atoms with Gasteiger partial charge < -0.3 is 4.74 Å². The molecule has 6 heteroatoms. The van der Waals surface area contributed by atoms with Gasteiger partial charge in [-0.05, 0) is 55.2 Å². The Morgan fingerprint density at radius 2 is 1.65 bits per heavy atom. The highest BCUT2D eigenvalue weighted by Gasteiger charge is 2.16. The molecule has 0 saturated carbocycles. The Labute approximate surface area is 162 Å². The van der Waals surface area contributed by atoms with Gasteiger partial charge >= 0.3 is 0 Å². The van der Waals surface area contributed by atoms with E-state index in [2.05, 4.69) is 40.6 Å². The lowest BCUT2D eigenvalue weighted by atomic mass is 10.0. The van der Waals surface area contributed by atoms with Crippen LogP contribution >= 0.6 is 15.9 Å². The number of nitrogens with one attached hydrogen (secondary N) is 2. The van der Waals surface area contributed by atoms with E-state index in [9.17, 15) is 9.59 Å². The number of amides is 2. The van der Waals surface area contributed by atoms with Crippen LogP contribution in [0.25, 0.3) is 0 Å². The molecule has 5 nitrogen and oxygen atoms in total. The van der Waals surface area contributed by atoms with Gasteiger partial charge in [-0.2, -0.15) is 0 Å². The van der Waals surface area contributed by atoms with Crippen LogP contribution in [-0.2, 0) is 4.79 Å². The first-order valence-corrected chi connectivity index (χ1v) is 9.20. The molecule has 2 N–H and O–H groups in total. The molecule has 2 aromatic carbocycles. The van der Waals surface area contributed by atoms with Gasteiger partial charge in [0, 0.05) is 10.0 Å². The number of ether oxygens (including phenoxy) is 1. The van der Waals surface area contributed by atoms with Crippen molar-refractivity contribution in [3.63, 3.8) is 0 Å². The molecule has 0 fully saturated rings. The molecule has 0 saturated heterocycles. The van der Waals surface area contributed by atoms with Gasteiger partial charge in [0.05, 0.1) is 0 Å². The predicted octanol–water partition coefficient (Wildman–Crippen LogP) is 4.11. The van der Waals surface area contributed by atoms with Crippen LogP contribution in [0.4, 0.5) is 0 Å². The molecule has 0 spiro atoms. The van der Waals surface area contributed by atoms with E-state index in [-0.39, 0.29) is 0 Å². The van der Waals surface area contributed by atoms with Gasteiger partial charge in [-0.15, -0.1) is 0 Å². The molecular weight excluding hydrogens is 396 g/mol. The molecule has 2 aromatic rings. The Morgan fingerprint density at radius 1 is 1.00 bits per heavy atom. The lowest BCUT2D eigenvalue weighted by Gasteiger charge is -2.16. The fraction of sp³-hybridized carbons (Fsp3) is 0.300. The van der Waals surface area contributed by atoms with Crippen LogP contribution in [0, 0.1) is 6.92 Å². The highest BCUT2D eigenvalue weighted by Crippen LogP contribution is 2.19. The maximum atomic E-state index is 12.1. The lowest BCUT2D eigenvalue weighted by Crippen LogP contribution is -2.47. The molecule has 0 aliphatic rings. The van der Waals surface area contributed by atoms with E-state index in [1.807, 2.05) is 37.3 Å². The van der Waals surface area contributed by atoms with Crippen LogP contribution in [0.1, 0.15) is 48.2 Å². The molecule has 0 unspecified atom stereocenters. The van der Waals surface area contributed by atoms with Crippen LogP contribution in [0.2, 0.25) is 0 Å². The van der Waals surface area contributed by atoms with Gasteiger partial charge in [0.2, 0.25) is 0 Å². The van der Waals surface area contributed by atoms with Crippen LogP contribution < -0.4 is 15.6 Å². The molecule has 26 heavy (non-hydrogen) atoms. The average molecular weight is 419 g/mol. The second-order valence-electron chi connectivity index (χ2n) is 6.39. The number of hydrogen-bond donors (Lipinski definition) is 2. The summed E-state index contributed by atoms with van der Waals surface area (Å²) in [6.45, 7) is 7.78. The summed E-state index contributed by atoms with van der Waals surface area (Å²) in [6.07, 6.45) is -0.745. The summed E-state index contributed by atoms with van der Waals surface area (Å²) in [5, 5.41) is 0. The van der Waals surface area contributed by atoms with Crippen molar-refractivity contribution in [3.05, 3.63) is 63.6 Å². The SMILES string of the molecule is Cc1ccc(C(=O)NNC(=O)[C@@H](C)Oc2ccc(C(C)C)cc2)cc1Br. The third-order valence-corrected chi connectivity index (χ3v) is 4.82. The number of halogens is 1. The van der Waals surface area contributed by atoms with Crippen molar-refractivity contribution in [2.75, 3.05) is 0 Å². The normalized spacial score (nSPS) is 11.8. The summed E-state index contributed by atoms with van der Waals surface area (Å²) in [5.41, 5.74) is 7.45. The van der Waals surface area contributed by atoms with Gasteiger partial charge in [-0.25, -0.2) is 0 Å². The predicted molar refractivity (Wildman–Crippen MR) is 105 cm³/mol. The third kappa shape index (κ3) is 5.33. The molecule has 2 amide bonds. The van der Waals surface area contributed by atoms with Crippen molar-refractivity contribution in [3.8, 4) is 5.75 Å². The minimum absolute atomic E-state index is 0.396. The lowest BCUT2D eigenvalue weighted by molar-refractivity contribution is -0.128. The van der Waals surface area contributed by atoms with Crippen LogP contribution in [0.5, 0.6) is 5.75 Å². The summed E-state index contributed by atoms with van der Waals surface area (Å²) in [6, 6.07) is 12.8. The molecular formula is C20H23BrN2O3. The third-order valence-electron chi connectivity index (χ3n) is 3.96. The van der Waals surface area contributed by atoms with E-state index in [4.69, 9.17) is 4.74 Å². The molecule has 0 aliphatic carbocycles. The number of aryl methyl sites for hydroxylation is 1. The smallest absolute Gasteiger partial charge is 0.279 e. The molecule has 138 valence electrons. The number of rotatable bonds is 5. The molecule has 0 aromatic heterocycles. The monoisotopic (exact) mass is 418 g/mol. The summed E-state index contributed by atoms with van der Waals surface area (Å²) in [7, 11) is 0. The average Bonchev–Trinajstić information content (AvgIpc) is 2.62. The fourth-order valence-electron chi connectivity index (χ4n) is 2.22. The zero-order chi connectivity index (χ0) is 19.3. The quantitative estimate of drug-likeness (QED) is 0.717. The number of hydrogen-bond acceptors (Lipinski definition) is 3. The molecule has 1 atom stereocenters. The summed E-state index contributed by atoms with van der Waals surface area (Å²) in [4.78, 5) is 24.2. The topological polar surface area (TPSA) is 67.4 Å². The molecule has 2 rings (SSSR count). The Balaban J connectivity index is 1.88. The zero-order valence-corrected chi connectivity index (χ0v) is 16.9. The van der Waals surface area contributed by atoms with Crippen molar-refractivity contribution in [2.24, 2.45) is 0 Å². The summed E-state index contributed by atoms with van der Waals surface area (Å²) >= 11 is 3.38. The highest BCUT2D eigenvalue weighted by atomic mass is 79.9. The maximum absolute atomic E-state index is 12.1. The number of benzene rings is 2. The van der Waals surface area contributed by atoms with Crippen LogP contribution in [0.3, 0.4) is 0 Å². The number of hydrazine groups is 1. The standard InChI is InChI=1S/C20H23BrN2O3/c1-12(2)15-7-9-17(10-8-15)26-14(4)19(24)22-23-20(25)16-6-5-13(3)18(21)11-16/h5-12,14H,1-4H3,(H,22,24)(H,23,25)/t14-/m1/s1. The first kappa shape index (κ1) is 20.0. The van der Waals surface area contributed by atoms with E-state index < -0.39 is 17.9 Å². The minimum atomic E-state index is -0.745. The first-order valence-electron chi connectivity index (χ1n) is 8.41. The Hall–Kier alpha value is -2.34. The summed E-state index contributed by atoms with van der Waals surface area (Å²) < 4.78 is 6.44. The minimum Gasteiger partial charge on any atom is -0.481 e. The number of carbonyl (C=O) groups is 2. The highest BCUT2D eigenvalue weighted by molar-refractivity contribution is 9.10. The molecule has 0 bridgehead atoms. The van der Waals surface area contributed by atoms with Gasteiger partial charge in [-0.3, -0.25) is 20.4 Å². The number of carbonyl (C=O) groups excluding carboxylic acids is 2. The van der Waals surface area contributed by atoms with E-state index in [1.54, 1.807) is 19.1 Å². The first-order chi connectivity index (χ1) is 12.3. The molecule has 0 aliphatic heterocycles. The Kier molecular flexibility index (Phi) is 6.80. The van der Waals surface area contributed by atoms with Gasteiger partial charge in [0.15, 0.2) is 6.10 Å². The van der Waals surface area contributed by atoms with Crippen LogP contribution in [-0.4, -0.2) is 17.9 Å². The zero-order valence-electron chi connectivity index (χ0n) is 15.3. The van der Waals surface area contributed by atoms with Gasteiger partial charge in [0.1, 0.15) is 5.75 Å². The van der Waals surface area contributed by atoms with Gasteiger partial charge in [-0.1, -0.05) is 48.0 Å². The van der Waals surface area contributed by atoms with E-state index >= 15 is 0 Å². The van der Waals surface area contributed by atoms with Gasteiger partial charge in [0.25, 0.3) is 11.8 Å². The second-order valence-corrected chi connectivity index (χ2v) is 7.25. The fourth-order valence-corrected chi connectivity index (χ4v) is 2.59. The van der Waals surface area contributed by atoms with Crippen molar-refractivity contribution >= 4 is 27.7 Å². The largest absolute Gasteiger partial charge is 0.481 e. The second kappa shape index (κ2) is 8.85. The van der Waals surface area contributed by atoms with E-state index in [1.165, 1.54) is 5.56 Å². The molecule has 0 heterocycles. The van der Waals surface area contributed by atoms with Crippen molar-refractivity contribution in [1.82, 2.24) is 10.9 Å². The van der Waals surface area contributed by atoms with Crippen LogP contribution in [0.15, 0.2) is 46.9 Å². The molecule has 0 radical (unpaired) electrons. The maximum Gasteiger partial charge on any atom is 0.279 e. The van der Waals surface area contributed by atoms with Crippen molar-refractivity contribution in [2.45, 2.75) is 39.7 Å².